The number of carbonyl (C=O) groups excluding carboxylic acids is 1. The van der Waals surface area contributed by atoms with Crippen LogP contribution < -0.4 is 5.32 Å². The SMILES string of the molecule is CC(CN(C)CC(=O)NC(C)C(C)C)C(=O)O. The van der Waals surface area contributed by atoms with Gasteiger partial charge in [0.1, 0.15) is 0 Å². The van der Waals surface area contributed by atoms with Crippen LogP contribution in [0.3, 0.4) is 0 Å². The van der Waals surface area contributed by atoms with E-state index in [4.69, 9.17) is 5.11 Å². The van der Waals surface area contributed by atoms with Gasteiger partial charge in [0.05, 0.1) is 12.5 Å². The molecule has 0 fully saturated rings. The highest BCUT2D eigenvalue weighted by atomic mass is 16.4. The summed E-state index contributed by atoms with van der Waals surface area (Å²) in [4.78, 5) is 24.0. The van der Waals surface area contributed by atoms with E-state index in [9.17, 15) is 9.59 Å². The second-order valence-corrected chi connectivity index (χ2v) is 5.04. The third kappa shape index (κ3) is 6.94. The van der Waals surface area contributed by atoms with Crippen LogP contribution in [0, 0.1) is 11.8 Å². The van der Waals surface area contributed by atoms with Crippen LogP contribution in [-0.4, -0.2) is 48.1 Å². The van der Waals surface area contributed by atoms with Gasteiger partial charge < -0.3 is 10.4 Å². The van der Waals surface area contributed by atoms with Gasteiger partial charge in [0, 0.05) is 12.6 Å². The minimum atomic E-state index is -0.840. The summed E-state index contributed by atoms with van der Waals surface area (Å²) in [6.45, 7) is 8.28. The third-order valence-corrected chi connectivity index (χ3v) is 2.81. The summed E-state index contributed by atoms with van der Waals surface area (Å²) in [7, 11) is 1.75. The van der Waals surface area contributed by atoms with Gasteiger partial charge in [-0.3, -0.25) is 14.5 Å². The third-order valence-electron chi connectivity index (χ3n) is 2.81. The van der Waals surface area contributed by atoms with Gasteiger partial charge in [0.2, 0.25) is 5.91 Å². The van der Waals surface area contributed by atoms with Crippen molar-refractivity contribution in [1.82, 2.24) is 10.2 Å². The van der Waals surface area contributed by atoms with Gasteiger partial charge in [-0.2, -0.15) is 0 Å². The highest BCUT2D eigenvalue weighted by Crippen LogP contribution is 2.01. The largest absolute Gasteiger partial charge is 0.481 e. The van der Waals surface area contributed by atoms with Crippen molar-refractivity contribution in [3.63, 3.8) is 0 Å². The first-order chi connectivity index (χ1) is 7.73. The Bertz CT molecular complexity index is 266. The first-order valence-corrected chi connectivity index (χ1v) is 5.94. The number of amides is 1. The number of likely N-dealkylation sites (N-methyl/N-ethyl adjacent to an activating group) is 1. The highest BCUT2D eigenvalue weighted by molar-refractivity contribution is 5.78. The predicted molar refractivity (Wildman–Crippen MR) is 66.7 cm³/mol. The lowest BCUT2D eigenvalue weighted by Gasteiger charge is -2.22. The Morgan fingerprint density at radius 1 is 1.24 bits per heavy atom. The molecule has 0 spiro atoms. The second kappa shape index (κ2) is 7.27. The summed E-state index contributed by atoms with van der Waals surface area (Å²) >= 11 is 0. The van der Waals surface area contributed by atoms with Crippen LogP contribution in [0.5, 0.6) is 0 Å². The Labute approximate surface area is 103 Å². The van der Waals surface area contributed by atoms with Gasteiger partial charge in [0.25, 0.3) is 0 Å². The Balaban J connectivity index is 4.00. The van der Waals surface area contributed by atoms with Crippen molar-refractivity contribution in [3.05, 3.63) is 0 Å². The normalized spacial score (nSPS) is 14.8. The monoisotopic (exact) mass is 244 g/mol. The quantitative estimate of drug-likeness (QED) is 0.695. The Morgan fingerprint density at radius 2 is 1.76 bits per heavy atom. The number of nitrogens with zero attached hydrogens (tertiary/aromatic N) is 1. The summed E-state index contributed by atoms with van der Waals surface area (Å²) in [5.74, 6) is -0.975. The molecule has 100 valence electrons. The maximum atomic E-state index is 11.6. The van der Waals surface area contributed by atoms with Gasteiger partial charge in [-0.25, -0.2) is 0 Å². The Morgan fingerprint density at radius 3 is 2.18 bits per heavy atom. The fourth-order valence-corrected chi connectivity index (χ4v) is 1.32. The van der Waals surface area contributed by atoms with E-state index in [1.807, 2.05) is 20.8 Å². The first kappa shape index (κ1) is 15.9. The molecular weight excluding hydrogens is 220 g/mol. The average Bonchev–Trinajstić information content (AvgIpc) is 2.16. The van der Waals surface area contributed by atoms with Crippen LogP contribution in [0.15, 0.2) is 0 Å². The number of nitrogens with one attached hydrogen (secondary N) is 1. The highest BCUT2D eigenvalue weighted by Gasteiger charge is 2.16. The van der Waals surface area contributed by atoms with Crippen molar-refractivity contribution in [1.29, 1.82) is 0 Å². The number of carboxylic acids is 1. The predicted octanol–water partition coefficient (Wildman–Crippen LogP) is 0.800. The van der Waals surface area contributed by atoms with E-state index in [0.29, 0.717) is 12.5 Å². The van der Waals surface area contributed by atoms with Crippen LogP contribution >= 0.6 is 0 Å². The van der Waals surface area contributed by atoms with Crippen LogP contribution in [0.1, 0.15) is 27.7 Å². The number of hydrogen-bond donors (Lipinski definition) is 2. The molecule has 0 bridgehead atoms. The van der Waals surface area contributed by atoms with Gasteiger partial charge in [-0.05, 0) is 19.9 Å². The zero-order chi connectivity index (χ0) is 13.6. The van der Waals surface area contributed by atoms with Crippen molar-refractivity contribution in [2.45, 2.75) is 33.7 Å². The van der Waals surface area contributed by atoms with Crippen LogP contribution in [0.2, 0.25) is 0 Å². The first-order valence-electron chi connectivity index (χ1n) is 5.94. The molecule has 0 aliphatic rings. The summed E-state index contributed by atoms with van der Waals surface area (Å²) in [6, 6.07) is 0.132. The summed E-state index contributed by atoms with van der Waals surface area (Å²) < 4.78 is 0. The van der Waals surface area contributed by atoms with E-state index in [2.05, 4.69) is 5.32 Å². The molecule has 0 saturated carbocycles. The molecule has 2 N–H and O–H groups in total. The summed E-state index contributed by atoms with van der Waals surface area (Å²) in [5, 5.41) is 11.6. The van der Waals surface area contributed by atoms with E-state index in [1.165, 1.54) is 0 Å². The fraction of sp³-hybridized carbons (Fsp3) is 0.833. The zero-order valence-corrected chi connectivity index (χ0v) is 11.4. The van der Waals surface area contributed by atoms with Crippen LogP contribution in [-0.2, 0) is 9.59 Å². The Kier molecular flexibility index (Phi) is 6.80. The number of carbonyl (C=O) groups is 2. The molecule has 0 radical (unpaired) electrons. The molecule has 5 heteroatoms. The number of carboxylic acid groups (broad SMARTS) is 1. The van der Waals surface area contributed by atoms with E-state index in [0.717, 1.165) is 0 Å². The minimum Gasteiger partial charge on any atom is -0.481 e. The van der Waals surface area contributed by atoms with Gasteiger partial charge in [0.15, 0.2) is 0 Å². The molecule has 0 heterocycles. The maximum Gasteiger partial charge on any atom is 0.307 e. The van der Waals surface area contributed by atoms with Gasteiger partial charge >= 0.3 is 5.97 Å². The second-order valence-electron chi connectivity index (χ2n) is 5.04. The van der Waals surface area contributed by atoms with Crippen molar-refractivity contribution in [2.24, 2.45) is 11.8 Å². The van der Waals surface area contributed by atoms with E-state index >= 15 is 0 Å². The molecule has 0 aliphatic carbocycles. The molecule has 5 nitrogen and oxygen atoms in total. The molecule has 1 amide bonds. The molecule has 0 rings (SSSR count). The number of aliphatic carboxylic acids is 1. The van der Waals surface area contributed by atoms with Crippen molar-refractivity contribution in [3.8, 4) is 0 Å². The maximum absolute atomic E-state index is 11.6. The molecule has 0 aromatic rings. The van der Waals surface area contributed by atoms with Crippen molar-refractivity contribution < 1.29 is 14.7 Å². The lowest BCUT2D eigenvalue weighted by molar-refractivity contribution is -0.142. The summed E-state index contributed by atoms with van der Waals surface area (Å²) in [5.41, 5.74) is 0. The van der Waals surface area contributed by atoms with E-state index < -0.39 is 11.9 Å². The molecule has 0 aromatic heterocycles. The zero-order valence-electron chi connectivity index (χ0n) is 11.4. The lowest BCUT2D eigenvalue weighted by Crippen LogP contribution is -2.43. The topological polar surface area (TPSA) is 69.6 Å². The van der Waals surface area contributed by atoms with Gasteiger partial charge in [-0.1, -0.05) is 20.8 Å². The summed E-state index contributed by atoms with van der Waals surface area (Å²) in [6.07, 6.45) is 0. The van der Waals surface area contributed by atoms with Gasteiger partial charge in [-0.15, -0.1) is 0 Å². The van der Waals surface area contributed by atoms with E-state index in [-0.39, 0.29) is 18.5 Å². The molecule has 2 atom stereocenters. The minimum absolute atomic E-state index is 0.0636. The van der Waals surface area contributed by atoms with E-state index in [1.54, 1.807) is 18.9 Å². The molecule has 2 unspecified atom stereocenters. The van der Waals surface area contributed by atoms with Crippen molar-refractivity contribution >= 4 is 11.9 Å². The number of hydrogen-bond acceptors (Lipinski definition) is 3. The molecule has 17 heavy (non-hydrogen) atoms. The Hall–Kier alpha value is -1.10. The molecule has 0 aliphatic heterocycles. The molecule has 0 saturated heterocycles. The van der Waals surface area contributed by atoms with Crippen molar-refractivity contribution in [2.75, 3.05) is 20.1 Å². The fourth-order valence-electron chi connectivity index (χ4n) is 1.32. The molecular formula is C12H24N2O3. The average molecular weight is 244 g/mol. The standard InChI is InChI=1S/C12H24N2O3/c1-8(2)10(4)13-11(15)7-14(5)6-9(3)12(16)17/h8-10H,6-7H2,1-5H3,(H,13,15)(H,16,17). The van der Waals surface area contributed by atoms with Crippen LogP contribution in [0.4, 0.5) is 0 Å². The molecule has 0 aromatic carbocycles. The smallest absolute Gasteiger partial charge is 0.307 e. The lowest BCUT2D eigenvalue weighted by atomic mass is 10.1. The van der Waals surface area contributed by atoms with Crippen LogP contribution in [0.25, 0.3) is 0 Å². The number of rotatable bonds is 7.